The van der Waals surface area contributed by atoms with Gasteiger partial charge in [-0.3, -0.25) is 9.79 Å². The van der Waals surface area contributed by atoms with E-state index in [1.807, 2.05) is 13.8 Å². The van der Waals surface area contributed by atoms with Crippen molar-refractivity contribution >= 4 is 34.8 Å². The third-order valence-corrected chi connectivity index (χ3v) is 3.43. The number of nitrogens with zero attached hydrogens (tertiary/aromatic N) is 3. The first-order chi connectivity index (χ1) is 10.8. The first kappa shape index (κ1) is 15.0. The van der Waals surface area contributed by atoms with E-state index in [2.05, 4.69) is 20.4 Å². The molecule has 0 amide bonds. The number of anilines is 1. The highest BCUT2D eigenvalue weighted by Crippen LogP contribution is 2.34. The normalized spacial score (nSPS) is 16.0. The van der Waals surface area contributed by atoms with Crippen LogP contribution >= 0.6 is 0 Å². The van der Waals surface area contributed by atoms with Gasteiger partial charge in [-0.1, -0.05) is 0 Å². The van der Waals surface area contributed by atoms with Crippen LogP contribution in [0.15, 0.2) is 17.4 Å². The van der Waals surface area contributed by atoms with Gasteiger partial charge in [-0.05, 0) is 13.8 Å². The molecule has 1 aliphatic rings. The van der Waals surface area contributed by atoms with Crippen molar-refractivity contribution in [2.24, 2.45) is 4.99 Å². The summed E-state index contributed by atoms with van der Waals surface area (Å²) in [6, 6.07) is 0. The number of pyridine rings is 1. The number of methoxy groups -OCH3 is 1. The standard InChI is InChI=1S/C14H15N5O4/c1-14(2)17-6-19(18-14)12-10-9(8(23-3)5-16-12)7(4-15-10)11(20)13(21)22/h4-6,15,18H,1-3H3,(H,21,22). The van der Waals surface area contributed by atoms with Gasteiger partial charge in [0.2, 0.25) is 0 Å². The molecule has 23 heavy (non-hydrogen) atoms. The molecule has 0 saturated carbocycles. The number of nitrogens with one attached hydrogen (secondary N) is 2. The Hall–Kier alpha value is -2.94. The van der Waals surface area contributed by atoms with Crippen molar-refractivity contribution in [3.05, 3.63) is 18.0 Å². The van der Waals surface area contributed by atoms with Crippen LogP contribution in [0.1, 0.15) is 24.2 Å². The number of carboxylic acids is 1. The van der Waals surface area contributed by atoms with E-state index in [1.54, 1.807) is 11.3 Å². The van der Waals surface area contributed by atoms with Gasteiger partial charge in [0.1, 0.15) is 17.8 Å². The molecule has 0 saturated heterocycles. The maximum Gasteiger partial charge on any atom is 0.377 e. The van der Waals surface area contributed by atoms with Crippen molar-refractivity contribution in [1.82, 2.24) is 15.4 Å². The summed E-state index contributed by atoms with van der Waals surface area (Å²) in [5, 5.41) is 10.9. The Morgan fingerprint density at radius 3 is 2.70 bits per heavy atom. The van der Waals surface area contributed by atoms with E-state index in [4.69, 9.17) is 9.84 Å². The summed E-state index contributed by atoms with van der Waals surface area (Å²) in [7, 11) is 1.43. The summed E-state index contributed by atoms with van der Waals surface area (Å²) in [4.78, 5) is 34.4. The number of carbonyl (C=O) groups excluding carboxylic acids is 1. The van der Waals surface area contributed by atoms with Crippen LogP contribution in [0.4, 0.5) is 5.82 Å². The van der Waals surface area contributed by atoms with Crippen LogP contribution in [-0.2, 0) is 4.79 Å². The fourth-order valence-corrected chi connectivity index (χ4v) is 2.40. The first-order valence-electron chi connectivity index (χ1n) is 6.78. The van der Waals surface area contributed by atoms with Gasteiger partial charge >= 0.3 is 5.97 Å². The number of ketones is 1. The largest absolute Gasteiger partial charge is 0.494 e. The molecule has 0 unspecified atom stereocenters. The predicted molar refractivity (Wildman–Crippen MR) is 82.8 cm³/mol. The van der Waals surface area contributed by atoms with Crippen LogP contribution in [0.5, 0.6) is 5.75 Å². The Kier molecular flexibility index (Phi) is 3.29. The monoisotopic (exact) mass is 317 g/mol. The number of aliphatic imine (C=N–C) groups is 1. The van der Waals surface area contributed by atoms with Crippen LogP contribution in [0.2, 0.25) is 0 Å². The summed E-state index contributed by atoms with van der Waals surface area (Å²) in [6.07, 6.45) is 4.35. The van der Waals surface area contributed by atoms with Gasteiger partial charge in [0.15, 0.2) is 5.82 Å². The fourth-order valence-electron chi connectivity index (χ4n) is 2.40. The molecule has 2 aromatic heterocycles. The number of aromatic amines is 1. The molecule has 3 rings (SSSR count). The quantitative estimate of drug-likeness (QED) is 0.566. The molecule has 2 aromatic rings. The summed E-state index contributed by atoms with van der Waals surface area (Å²) in [6.45, 7) is 3.77. The lowest BCUT2D eigenvalue weighted by Gasteiger charge is -2.21. The highest BCUT2D eigenvalue weighted by atomic mass is 16.5. The van der Waals surface area contributed by atoms with E-state index in [1.165, 1.54) is 19.5 Å². The average Bonchev–Trinajstić information content (AvgIpc) is 3.09. The Morgan fingerprint density at radius 1 is 1.39 bits per heavy atom. The third kappa shape index (κ3) is 2.40. The second-order valence-electron chi connectivity index (χ2n) is 5.52. The van der Waals surface area contributed by atoms with Gasteiger partial charge in [-0.15, -0.1) is 0 Å². The summed E-state index contributed by atoms with van der Waals surface area (Å²) in [5.41, 5.74) is 3.13. The smallest absolute Gasteiger partial charge is 0.377 e. The lowest BCUT2D eigenvalue weighted by atomic mass is 10.1. The molecule has 9 nitrogen and oxygen atoms in total. The van der Waals surface area contributed by atoms with E-state index < -0.39 is 17.4 Å². The highest BCUT2D eigenvalue weighted by Gasteiger charge is 2.29. The molecule has 0 radical (unpaired) electrons. The molecule has 0 aromatic carbocycles. The SMILES string of the molecule is COc1cnc(N2C=NC(C)(C)N2)c2[nH]cc(C(=O)C(=O)O)c12. The number of ether oxygens (including phenoxy) is 1. The number of fused-ring (bicyclic) bond motifs is 1. The minimum atomic E-state index is -1.53. The number of hydrogen-bond acceptors (Lipinski definition) is 7. The lowest BCUT2D eigenvalue weighted by molar-refractivity contribution is -0.131. The molecule has 9 heteroatoms. The zero-order valence-corrected chi connectivity index (χ0v) is 12.7. The number of hydrogen-bond donors (Lipinski definition) is 3. The molecule has 0 spiro atoms. The van der Waals surface area contributed by atoms with Gasteiger partial charge in [-0.25, -0.2) is 20.2 Å². The summed E-state index contributed by atoms with van der Waals surface area (Å²) >= 11 is 0. The highest BCUT2D eigenvalue weighted by molar-refractivity contribution is 6.42. The Balaban J connectivity index is 2.18. The van der Waals surface area contributed by atoms with Gasteiger partial charge in [0, 0.05) is 6.20 Å². The molecule has 120 valence electrons. The minimum absolute atomic E-state index is 0.0170. The zero-order chi connectivity index (χ0) is 16.8. The van der Waals surface area contributed by atoms with Gasteiger partial charge in [0.05, 0.1) is 29.8 Å². The summed E-state index contributed by atoms with van der Waals surface area (Å²) < 4.78 is 5.21. The van der Waals surface area contributed by atoms with Crippen molar-refractivity contribution < 1.29 is 19.4 Å². The molecule has 0 bridgehead atoms. The summed E-state index contributed by atoms with van der Waals surface area (Å²) in [5.74, 6) is -1.78. The van der Waals surface area contributed by atoms with Gasteiger partial charge in [-0.2, -0.15) is 0 Å². The van der Waals surface area contributed by atoms with E-state index in [0.29, 0.717) is 22.5 Å². The van der Waals surface area contributed by atoms with Crippen LogP contribution in [0, 0.1) is 0 Å². The van der Waals surface area contributed by atoms with Crippen molar-refractivity contribution in [3.63, 3.8) is 0 Å². The number of carboxylic acid groups (broad SMARTS) is 1. The second kappa shape index (κ2) is 5.06. The fraction of sp³-hybridized carbons (Fsp3) is 0.286. The van der Waals surface area contributed by atoms with Crippen LogP contribution in [-0.4, -0.2) is 45.9 Å². The first-order valence-corrected chi connectivity index (χ1v) is 6.78. The van der Waals surface area contributed by atoms with E-state index >= 15 is 0 Å². The number of hydrazine groups is 1. The average molecular weight is 317 g/mol. The number of carbonyl (C=O) groups is 2. The molecule has 3 heterocycles. The van der Waals surface area contributed by atoms with Crippen LogP contribution in [0.25, 0.3) is 10.9 Å². The number of Topliss-reactive ketones (excluding diaryl/α,β-unsaturated/α-hetero) is 1. The van der Waals surface area contributed by atoms with E-state index in [9.17, 15) is 9.59 Å². The van der Waals surface area contributed by atoms with Gasteiger partial charge in [0.25, 0.3) is 5.78 Å². The van der Waals surface area contributed by atoms with Crippen molar-refractivity contribution in [2.45, 2.75) is 19.5 Å². The maximum absolute atomic E-state index is 11.9. The van der Waals surface area contributed by atoms with Crippen molar-refractivity contribution in [3.8, 4) is 5.75 Å². The van der Waals surface area contributed by atoms with Gasteiger partial charge < -0.3 is 14.8 Å². The Morgan fingerprint density at radius 2 is 2.13 bits per heavy atom. The van der Waals surface area contributed by atoms with Crippen molar-refractivity contribution in [1.29, 1.82) is 0 Å². The predicted octanol–water partition coefficient (Wildman–Crippen LogP) is 0.928. The zero-order valence-electron chi connectivity index (χ0n) is 12.7. The number of rotatable bonds is 4. The Labute approximate surface area is 130 Å². The number of aromatic nitrogens is 2. The molecule has 0 atom stereocenters. The topological polar surface area (TPSA) is 120 Å². The van der Waals surface area contributed by atoms with Crippen LogP contribution < -0.4 is 15.2 Å². The third-order valence-electron chi connectivity index (χ3n) is 3.43. The number of aliphatic carboxylic acids is 1. The Bertz CT molecular complexity index is 839. The lowest BCUT2D eigenvalue weighted by Crippen LogP contribution is -2.43. The maximum atomic E-state index is 11.9. The number of H-pyrrole nitrogens is 1. The van der Waals surface area contributed by atoms with Crippen LogP contribution in [0.3, 0.4) is 0 Å². The molecule has 0 aliphatic carbocycles. The minimum Gasteiger partial charge on any atom is -0.494 e. The van der Waals surface area contributed by atoms with Crippen molar-refractivity contribution in [2.75, 3.05) is 12.1 Å². The molecular weight excluding hydrogens is 302 g/mol. The molecule has 3 N–H and O–H groups in total. The molecular formula is C14H15N5O4. The molecule has 1 aliphatic heterocycles. The van der Waals surface area contributed by atoms with E-state index in [0.717, 1.165) is 0 Å². The molecule has 0 fully saturated rings. The second-order valence-corrected chi connectivity index (χ2v) is 5.52. The van der Waals surface area contributed by atoms with E-state index in [-0.39, 0.29) is 5.56 Å².